The minimum atomic E-state index is -0.816. The standard InChI is InChI=1S/C28H37N3O5/c1-19(2)20-11-13-21(14-12-20)26(28(34)30-22-7-3-4-8-22)31(18-23-9-5-15-35-23)25(32)17-29-27(33)24-10-6-16-36-24/h6,10-14,16,19,22-23,26H,3-5,7-9,15,17-18H2,1-2H3,(H,29,33)(H,30,34)/t23-,26+/m0/s1. The second-order valence-corrected chi connectivity index (χ2v) is 10.1. The Hall–Kier alpha value is -3.13. The van der Waals surface area contributed by atoms with Crippen LogP contribution in [-0.4, -0.2) is 54.5 Å². The second kappa shape index (κ2) is 12.2. The average Bonchev–Trinajstić information content (AvgIpc) is 3.66. The fraction of sp³-hybridized carbons (Fsp3) is 0.536. The number of nitrogens with one attached hydrogen (secondary N) is 2. The van der Waals surface area contributed by atoms with Gasteiger partial charge in [-0.05, 0) is 54.9 Å². The Morgan fingerprint density at radius 3 is 2.33 bits per heavy atom. The van der Waals surface area contributed by atoms with Gasteiger partial charge in [0.25, 0.3) is 5.91 Å². The lowest BCUT2D eigenvalue weighted by molar-refractivity contribution is -0.142. The predicted molar refractivity (Wildman–Crippen MR) is 135 cm³/mol. The van der Waals surface area contributed by atoms with Gasteiger partial charge in [0.1, 0.15) is 6.04 Å². The molecule has 8 heteroatoms. The second-order valence-electron chi connectivity index (χ2n) is 10.1. The Bertz CT molecular complexity index is 1010. The lowest BCUT2D eigenvalue weighted by atomic mass is 9.97. The van der Waals surface area contributed by atoms with E-state index < -0.39 is 11.9 Å². The number of carbonyl (C=O) groups is 3. The molecular weight excluding hydrogens is 458 g/mol. The first-order valence-electron chi connectivity index (χ1n) is 13.1. The van der Waals surface area contributed by atoms with E-state index in [1.54, 1.807) is 11.0 Å². The van der Waals surface area contributed by atoms with Crippen molar-refractivity contribution in [2.75, 3.05) is 19.7 Å². The highest BCUT2D eigenvalue weighted by Crippen LogP contribution is 2.28. The number of hydrogen-bond acceptors (Lipinski definition) is 5. The largest absolute Gasteiger partial charge is 0.459 e. The van der Waals surface area contributed by atoms with Crippen LogP contribution in [0.2, 0.25) is 0 Å². The molecule has 1 saturated heterocycles. The van der Waals surface area contributed by atoms with Crippen LogP contribution in [0.4, 0.5) is 0 Å². The summed E-state index contributed by atoms with van der Waals surface area (Å²) >= 11 is 0. The molecule has 2 fully saturated rings. The van der Waals surface area contributed by atoms with E-state index in [9.17, 15) is 14.4 Å². The summed E-state index contributed by atoms with van der Waals surface area (Å²) in [5, 5.41) is 5.82. The quantitative estimate of drug-likeness (QED) is 0.520. The maximum Gasteiger partial charge on any atom is 0.287 e. The number of rotatable bonds is 10. The molecule has 0 spiro atoms. The van der Waals surface area contributed by atoms with Gasteiger partial charge in [-0.15, -0.1) is 0 Å². The summed E-state index contributed by atoms with van der Waals surface area (Å²) in [5.74, 6) is -0.522. The van der Waals surface area contributed by atoms with Crippen LogP contribution in [0.1, 0.15) is 86.0 Å². The Kier molecular flexibility index (Phi) is 8.80. The van der Waals surface area contributed by atoms with Gasteiger partial charge < -0.3 is 24.7 Å². The zero-order chi connectivity index (χ0) is 25.5. The first-order valence-corrected chi connectivity index (χ1v) is 13.1. The summed E-state index contributed by atoms with van der Waals surface area (Å²) in [6.07, 6.45) is 7.09. The van der Waals surface area contributed by atoms with Gasteiger partial charge in [0, 0.05) is 19.2 Å². The number of furan rings is 1. The van der Waals surface area contributed by atoms with Gasteiger partial charge in [0.2, 0.25) is 11.8 Å². The highest BCUT2D eigenvalue weighted by Gasteiger charge is 2.35. The minimum absolute atomic E-state index is 0.119. The third-order valence-corrected chi connectivity index (χ3v) is 7.07. The summed E-state index contributed by atoms with van der Waals surface area (Å²) in [6, 6.07) is 10.4. The number of carbonyl (C=O) groups excluding carboxylic acids is 3. The lowest BCUT2D eigenvalue weighted by Gasteiger charge is -2.34. The van der Waals surface area contributed by atoms with Gasteiger partial charge in [-0.25, -0.2) is 0 Å². The first-order chi connectivity index (χ1) is 17.4. The Morgan fingerprint density at radius 1 is 1.00 bits per heavy atom. The highest BCUT2D eigenvalue weighted by molar-refractivity contribution is 5.95. The number of nitrogens with zero attached hydrogens (tertiary/aromatic N) is 1. The number of hydrogen-bond donors (Lipinski definition) is 2. The van der Waals surface area contributed by atoms with E-state index >= 15 is 0 Å². The maximum absolute atomic E-state index is 13.7. The molecule has 4 rings (SSSR count). The summed E-state index contributed by atoms with van der Waals surface area (Å²) in [6.45, 7) is 4.92. The van der Waals surface area contributed by atoms with Crippen LogP contribution in [0.5, 0.6) is 0 Å². The third-order valence-electron chi connectivity index (χ3n) is 7.07. The zero-order valence-electron chi connectivity index (χ0n) is 21.2. The third kappa shape index (κ3) is 6.55. The normalized spacial score (nSPS) is 18.8. The zero-order valence-corrected chi connectivity index (χ0v) is 21.2. The fourth-order valence-corrected chi connectivity index (χ4v) is 5.00. The van der Waals surface area contributed by atoms with Crippen molar-refractivity contribution in [3.8, 4) is 0 Å². The van der Waals surface area contributed by atoms with Gasteiger partial charge in [-0.1, -0.05) is 51.0 Å². The molecule has 1 aliphatic carbocycles. The first kappa shape index (κ1) is 25.9. The molecule has 2 atom stereocenters. The summed E-state index contributed by atoms with van der Waals surface area (Å²) in [4.78, 5) is 41.3. The maximum atomic E-state index is 13.7. The molecule has 1 saturated carbocycles. The molecule has 1 aliphatic heterocycles. The van der Waals surface area contributed by atoms with Crippen LogP contribution in [0.25, 0.3) is 0 Å². The van der Waals surface area contributed by atoms with E-state index in [0.29, 0.717) is 12.5 Å². The van der Waals surface area contributed by atoms with Crippen molar-refractivity contribution in [2.24, 2.45) is 0 Å². The van der Waals surface area contributed by atoms with Crippen LogP contribution >= 0.6 is 0 Å². The van der Waals surface area contributed by atoms with E-state index in [2.05, 4.69) is 24.5 Å². The van der Waals surface area contributed by atoms with E-state index in [1.807, 2.05) is 24.3 Å². The Morgan fingerprint density at radius 2 is 1.72 bits per heavy atom. The minimum Gasteiger partial charge on any atom is -0.459 e. The van der Waals surface area contributed by atoms with E-state index in [4.69, 9.17) is 9.15 Å². The van der Waals surface area contributed by atoms with Crippen LogP contribution in [0, 0.1) is 0 Å². The van der Waals surface area contributed by atoms with Crippen LogP contribution in [0.3, 0.4) is 0 Å². The number of amides is 3. The molecule has 8 nitrogen and oxygen atoms in total. The predicted octanol–water partition coefficient (Wildman–Crippen LogP) is 3.94. The van der Waals surface area contributed by atoms with Crippen molar-refractivity contribution in [1.29, 1.82) is 0 Å². The Labute approximate surface area is 212 Å². The smallest absolute Gasteiger partial charge is 0.287 e. The Balaban J connectivity index is 1.59. The summed E-state index contributed by atoms with van der Waals surface area (Å²) < 4.78 is 11.0. The summed E-state index contributed by atoms with van der Waals surface area (Å²) in [5.41, 5.74) is 1.91. The summed E-state index contributed by atoms with van der Waals surface area (Å²) in [7, 11) is 0. The molecule has 2 aromatic rings. The number of benzene rings is 1. The van der Waals surface area contributed by atoms with E-state index in [0.717, 1.165) is 49.7 Å². The molecular formula is C28H37N3O5. The lowest BCUT2D eigenvalue weighted by Crippen LogP contribution is -2.50. The molecule has 2 N–H and O–H groups in total. The van der Waals surface area contributed by atoms with Crippen molar-refractivity contribution < 1.29 is 23.5 Å². The monoisotopic (exact) mass is 495 g/mol. The van der Waals surface area contributed by atoms with Gasteiger partial charge >= 0.3 is 0 Å². The number of ether oxygens (including phenoxy) is 1. The molecule has 0 unspecified atom stereocenters. The van der Waals surface area contributed by atoms with Gasteiger partial charge in [-0.3, -0.25) is 14.4 Å². The highest BCUT2D eigenvalue weighted by atomic mass is 16.5. The molecule has 0 radical (unpaired) electrons. The molecule has 0 bridgehead atoms. The van der Waals surface area contributed by atoms with Crippen molar-refractivity contribution >= 4 is 17.7 Å². The molecule has 1 aromatic carbocycles. The molecule has 2 aliphatic rings. The molecule has 2 heterocycles. The van der Waals surface area contributed by atoms with Crippen LogP contribution in [-0.2, 0) is 14.3 Å². The van der Waals surface area contributed by atoms with Crippen molar-refractivity contribution in [3.63, 3.8) is 0 Å². The van der Waals surface area contributed by atoms with E-state index in [-0.39, 0.29) is 42.8 Å². The SMILES string of the molecule is CC(C)c1ccc([C@H](C(=O)NC2CCCC2)N(C[C@@H]2CCCO2)C(=O)CNC(=O)c2ccco2)cc1. The van der Waals surface area contributed by atoms with Gasteiger partial charge in [0.15, 0.2) is 5.76 Å². The van der Waals surface area contributed by atoms with Crippen molar-refractivity contribution in [3.05, 3.63) is 59.5 Å². The van der Waals surface area contributed by atoms with Gasteiger partial charge in [-0.2, -0.15) is 0 Å². The van der Waals surface area contributed by atoms with Crippen LogP contribution < -0.4 is 10.6 Å². The molecule has 36 heavy (non-hydrogen) atoms. The molecule has 3 amide bonds. The van der Waals surface area contributed by atoms with E-state index in [1.165, 1.54) is 12.3 Å². The van der Waals surface area contributed by atoms with Crippen molar-refractivity contribution in [1.82, 2.24) is 15.5 Å². The average molecular weight is 496 g/mol. The van der Waals surface area contributed by atoms with Crippen molar-refractivity contribution in [2.45, 2.75) is 76.5 Å². The molecule has 194 valence electrons. The van der Waals surface area contributed by atoms with Gasteiger partial charge in [0.05, 0.1) is 18.9 Å². The van der Waals surface area contributed by atoms with Crippen LogP contribution in [0.15, 0.2) is 47.1 Å². The topological polar surface area (TPSA) is 101 Å². The fourth-order valence-electron chi connectivity index (χ4n) is 5.00. The molecule has 1 aromatic heterocycles.